The van der Waals surface area contributed by atoms with E-state index in [0.29, 0.717) is 16.9 Å². The zero-order chi connectivity index (χ0) is 20.6. The smallest absolute Gasteiger partial charge is 0.255 e. The molecule has 0 saturated heterocycles. The third-order valence-corrected chi connectivity index (χ3v) is 4.80. The van der Waals surface area contributed by atoms with E-state index in [0.717, 1.165) is 29.9 Å². The second kappa shape index (κ2) is 9.85. The van der Waals surface area contributed by atoms with Crippen molar-refractivity contribution in [3.63, 3.8) is 0 Å². The van der Waals surface area contributed by atoms with Crippen molar-refractivity contribution in [1.82, 2.24) is 10.3 Å². The summed E-state index contributed by atoms with van der Waals surface area (Å²) in [6, 6.07) is 16.9. The van der Waals surface area contributed by atoms with Gasteiger partial charge < -0.3 is 16.4 Å². The molecule has 2 aromatic carbocycles. The number of nitrogens with zero attached hydrogens (tertiary/aromatic N) is 1. The molecule has 3 rings (SSSR count). The van der Waals surface area contributed by atoms with Crippen LogP contribution in [0.15, 0.2) is 60.8 Å². The Kier molecular flexibility index (Phi) is 6.98. The number of carbonyl (C=O) groups is 1. The fourth-order valence-electron chi connectivity index (χ4n) is 3.15. The van der Waals surface area contributed by atoms with Crippen molar-refractivity contribution >= 4 is 17.3 Å². The van der Waals surface area contributed by atoms with E-state index in [2.05, 4.69) is 35.5 Å². The molecular weight excluding hydrogens is 360 g/mol. The maximum absolute atomic E-state index is 12.5. The fraction of sp³-hybridized carbons (Fsp3) is 0.250. The van der Waals surface area contributed by atoms with Gasteiger partial charge in [-0.15, -0.1) is 0 Å². The third-order valence-electron chi connectivity index (χ3n) is 4.80. The number of rotatable bonds is 8. The number of nitrogens with two attached hydrogens (primary N) is 1. The van der Waals surface area contributed by atoms with E-state index in [1.807, 2.05) is 42.6 Å². The van der Waals surface area contributed by atoms with E-state index >= 15 is 0 Å². The van der Waals surface area contributed by atoms with Gasteiger partial charge in [-0.2, -0.15) is 0 Å². The number of nitrogen functional groups attached to an aromatic ring is 1. The van der Waals surface area contributed by atoms with Crippen molar-refractivity contribution in [3.8, 4) is 11.3 Å². The Hall–Kier alpha value is -3.18. The Balaban J connectivity index is 1.68. The van der Waals surface area contributed by atoms with Crippen LogP contribution in [0, 0.1) is 6.92 Å². The predicted octanol–water partition coefficient (Wildman–Crippen LogP) is 4.78. The summed E-state index contributed by atoms with van der Waals surface area (Å²) in [5.74, 6) is -0.187. The molecule has 150 valence electrons. The lowest BCUT2D eigenvalue weighted by Gasteiger charge is -2.10. The molecule has 0 bridgehead atoms. The van der Waals surface area contributed by atoms with E-state index in [1.54, 1.807) is 12.1 Å². The van der Waals surface area contributed by atoms with Crippen molar-refractivity contribution < 1.29 is 4.79 Å². The molecule has 4 N–H and O–H groups in total. The molecule has 3 aromatic rings. The summed E-state index contributed by atoms with van der Waals surface area (Å²) in [6.07, 6.45) is 4.29. The van der Waals surface area contributed by atoms with Gasteiger partial charge in [0.05, 0.1) is 17.1 Å². The summed E-state index contributed by atoms with van der Waals surface area (Å²) in [6.45, 7) is 6.11. The molecule has 0 unspecified atom stereocenters. The maximum Gasteiger partial charge on any atom is 0.255 e. The molecular formula is C24H28N4O. The van der Waals surface area contributed by atoms with Crippen molar-refractivity contribution in [2.24, 2.45) is 0 Å². The van der Waals surface area contributed by atoms with Crippen LogP contribution in [0.5, 0.6) is 0 Å². The Bertz CT molecular complexity index is 967. The normalized spacial score (nSPS) is 10.7. The zero-order valence-corrected chi connectivity index (χ0v) is 17.0. The van der Waals surface area contributed by atoms with Crippen LogP contribution in [0.25, 0.3) is 11.3 Å². The van der Waals surface area contributed by atoms with Gasteiger partial charge in [0.2, 0.25) is 0 Å². The van der Waals surface area contributed by atoms with Crippen LogP contribution in [0.1, 0.15) is 41.3 Å². The summed E-state index contributed by atoms with van der Waals surface area (Å²) in [5.41, 5.74) is 11.8. The molecule has 0 fully saturated rings. The minimum Gasteiger partial charge on any atom is -0.397 e. The molecule has 0 aliphatic carbocycles. The third kappa shape index (κ3) is 5.42. The first-order valence-corrected chi connectivity index (χ1v) is 10.0. The lowest BCUT2D eigenvalue weighted by molar-refractivity contribution is 0.102. The largest absolute Gasteiger partial charge is 0.397 e. The predicted molar refractivity (Wildman–Crippen MR) is 120 cm³/mol. The van der Waals surface area contributed by atoms with Crippen molar-refractivity contribution in [2.75, 3.05) is 17.6 Å². The minimum atomic E-state index is -0.187. The van der Waals surface area contributed by atoms with Gasteiger partial charge in [-0.05, 0) is 55.3 Å². The molecule has 29 heavy (non-hydrogen) atoms. The summed E-state index contributed by atoms with van der Waals surface area (Å²) in [4.78, 5) is 17.1. The number of carbonyl (C=O) groups excluding carboxylic acids is 1. The van der Waals surface area contributed by atoms with Crippen LogP contribution in [0.4, 0.5) is 11.4 Å². The second-order valence-electron chi connectivity index (χ2n) is 7.16. The first-order valence-electron chi connectivity index (χ1n) is 10.0. The van der Waals surface area contributed by atoms with Gasteiger partial charge in [0.1, 0.15) is 0 Å². The van der Waals surface area contributed by atoms with Crippen molar-refractivity contribution in [3.05, 3.63) is 77.5 Å². The topological polar surface area (TPSA) is 80.0 Å². The highest BCUT2D eigenvalue weighted by molar-refractivity contribution is 6.05. The van der Waals surface area contributed by atoms with Gasteiger partial charge in [-0.1, -0.05) is 43.7 Å². The molecule has 0 aliphatic heterocycles. The molecule has 0 radical (unpaired) electrons. The maximum atomic E-state index is 12.5. The molecule has 5 heteroatoms. The average Bonchev–Trinajstić information content (AvgIpc) is 2.73. The lowest BCUT2D eigenvalue weighted by atomic mass is 10.0. The number of para-hydroxylation sites is 2. The summed E-state index contributed by atoms with van der Waals surface area (Å²) >= 11 is 0. The molecule has 0 spiro atoms. The quantitative estimate of drug-likeness (QED) is 0.383. The number of benzene rings is 2. The number of aryl methyl sites for hydroxylation is 1. The highest BCUT2D eigenvalue weighted by Gasteiger charge is 2.10. The van der Waals surface area contributed by atoms with Gasteiger partial charge in [-0.3, -0.25) is 9.78 Å². The summed E-state index contributed by atoms with van der Waals surface area (Å²) in [7, 11) is 0. The first kappa shape index (κ1) is 20.6. The Morgan fingerprint density at radius 1 is 1.10 bits per heavy atom. The number of nitrogens with one attached hydrogen (secondary N) is 2. The minimum absolute atomic E-state index is 0.187. The first-order chi connectivity index (χ1) is 14.1. The Labute approximate surface area is 172 Å². The monoisotopic (exact) mass is 388 g/mol. The van der Waals surface area contributed by atoms with E-state index in [-0.39, 0.29) is 5.91 Å². The van der Waals surface area contributed by atoms with E-state index in [9.17, 15) is 4.79 Å². The van der Waals surface area contributed by atoms with Crippen LogP contribution in [-0.4, -0.2) is 17.4 Å². The number of pyridine rings is 1. The number of aromatic nitrogens is 1. The van der Waals surface area contributed by atoms with Gasteiger partial charge in [0, 0.05) is 23.9 Å². The molecule has 1 heterocycles. The van der Waals surface area contributed by atoms with E-state index < -0.39 is 0 Å². The Morgan fingerprint density at radius 3 is 2.55 bits per heavy atom. The standard InChI is InChI=1S/C24H28N4O/c1-3-4-13-26-15-18-14-17(2)23(27-16-18)19-9-11-20(12-10-19)24(29)28-22-8-6-5-7-21(22)25/h5-12,14,16,26H,3-4,13,15,25H2,1-2H3,(H,28,29). The van der Waals surface area contributed by atoms with Crippen LogP contribution in [0.2, 0.25) is 0 Å². The second-order valence-corrected chi connectivity index (χ2v) is 7.16. The summed E-state index contributed by atoms with van der Waals surface area (Å²) < 4.78 is 0. The lowest BCUT2D eigenvalue weighted by Crippen LogP contribution is -2.14. The molecule has 0 aliphatic rings. The highest BCUT2D eigenvalue weighted by Crippen LogP contribution is 2.23. The van der Waals surface area contributed by atoms with Gasteiger partial charge in [0.15, 0.2) is 0 Å². The number of hydrogen-bond acceptors (Lipinski definition) is 4. The molecule has 0 atom stereocenters. The van der Waals surface area contributed by atoms with Gasteiger partial charge >= 0.3 is 0 Å². The van der Waals surface area contributed by atoms with Crippen molar-refractivity contribution in [2.45, 2.75) is 33.2 Å². The number of amides is 1. The molecule has 5 nitrogen and oxygen atoms in total. The molecule has 1 aromatic heterocycles. The number of hydrogen-bond donors (Lipinski definition) is 3. The van der Waals surface area contributed by atoms with Crippen molar-refractivity contribution in [1.29, 1.82) is 0 Å². The zero-order valence-electron chi connectivity index (χ0n) is 17.0. The van der Waals surface area contributed by atoms with Gasteiger partial charge in [-0.25, -0.2) is 0 Å². The summed E-state index contributed by atoms with van der Waals surface area (Å²) in [5, 5.41) is 6.29. The average molecular weight is 389 g/mol. The van der Waals surface area contributed by atoms with Crippen LogP contribution in [0.3, 0.4) is 0 Å². The fourth-order valence-corrected chi connectivity index (χ4v) is 3.15. The van der Waals surface area contributed by atoms with Crippen LogP contribution >= 0.6 is 0 Å². The SMILES string of the molecule is CCCCNCc1cnc(-c2ccc(C(=O)Nc3ccccc3N)cc2)c(C)c1. The van der Waals surface area contributed by atoms with E-state index in [4.69, 9.17) is 5.73 Å². The molecule has 1 amide bonds. The van der Waals surface area contributed by atoms with Crippen LogP contribution in [-0.2, 0) is 6.54 Å². The van der Waals surface area contributed by atoms with Gasteiger partial charge in [0.25, 0.3) is 5.91 Å². The van der Waals surface area contributed by atoms with Crippen LogP contribution < -0.4 is 16.4 Å². The Morgan fingerprint density at radius 2 is 1.86 bits per heavy atom. The van der Waals surface area contributed by atoms with E-state index in [1.165, 1.54) is 18.4 Å². The molecule has 0 saturated carbocycles. The number of anilines is 2. The number of unbranched alkanes of at least 4 members (excludes halogenated alkanes) is 1. The highest BCUT2D eigenvalue weighted by atomic mass is 16.1.